The molecule has 0 unspecified atom stereocenters. The van der Waals surface area contributed by atoms with Gasteiger partial charge in [-0.15, -0.1) is 0 Å². The summed E-state index contributed by atoms with van der Waals surface area (Å²) in [5.74, 6) is 0.893. The van der Waals surface area contributed by atoms with E-state index in [1.807, 2.05) is 23.0 Å². The van der Waals surface area contributed by atoms with Crippen molar-refractivity contribution < 1.29 is 9.53 Å². The lowest BCUT2D eigenvalue weighted by Gasteiger charge is -2.33. The highest BCUT2D eigenvalue weighted by Gasteiger charge is 2.29. The van der Waals surface area contributed by atoms with Gasteiger partial charge in [0.2, 0.25) is 0 Å². The summed E-state index contributed by atoms with van der Waals surface area (Å²) in [4.78, 5) is 23.3. The topological polar surface area (TPSA) is 109 Å². The Morgan fingerprint density at radius 3 is 2.88 bits per heavy atom. The van der Waals surface area contributed by atoms with Crippen LogP contribution in [0.4, 0.5) is 4.79 Å². The molecule has 1 N–H and O–H groups in total. The molecule has 2 aromatic heterocycles. The molecule has 162 valence electrons. The van der Waals surface area contributed by atoms with Crippen molar-refractivity contribution in [2.45, 2.75) is 18.9 Å². The van der Waals surface area contributed by atoms with Gasteiger partial charge in [-0.25, -0.2) is 9.78 Å². The molecule has 9 nitrogen and oxygen atoms in total. The number of fused-ring (bicyclic) bond motifs is 1. The molecule has 0 spiro atoms. The molecule has 1 aliphatic carbocycles. The predicted molar refractivity (Wildman–Crippen MR) is 118 cm³/mol. The summed E-state index contributed by atoms with van der Waals surface area (Å²) in [5, 5.41) is 16.4. The molecule has 9 heteroatoms. The molecular formula is C23H23N7O2. The highest BCUT2D eigenvalue weighted by atomic mass is 16.6. The number of nitriles is 1. The Hall–Kier alpha value is -3.77. The van der Waals surface area contributed by atoms with Gasteiger partial charge in [0.15, 0.2) is 0 Å². The van der Waals surface area contributed by atoms with Gasteiger partial charge in [0.25, 0.3) is 0 Å². The Morgan fingerprint density at radius 2 is 2.06 bits per heavy atom. The van der Waals surface area contributed by atoms with Crippen molar-refractivity contribution in [2.75, 3.05) is 26.2 Å². The SMILES string of the molecule is N#C/C=C/C1CC(n2cc(-c3cnc4ccc(OC(=O)N5CCNCC5)cc4n3)cn2)C1. The molecule has 0 bridgehead atoms. The van der Waals surface area contributed by atoms with E-state index in [9.17, 15) is 4.79 Å². The lowest BCUT2D eigenvalue weighted by molar-refractivity contribution is 0.146. The number of nitrogens with zero attached hydrogens (tertiary/aromatic N) is 6. The summed E-state index contributed by atoms with van der Waals surface area (Å²) in [5.41, 5.74) is 2.99. The molecule has 2 fully saturated rings. The summed E-state index contributed by atoms with van der Waals surface area (Å²) in [6.07, 6.45) is 10.6. The predicted octanol–water partition coefficient (Wildman–Crippen LogP) is 2.93. The quantitative estimate of drug-likeness (QED) is 0.635. The zero-order chi connectivity index (χ0) is 21.9. The van der Waals surface area contributed by atoms with Gasteiger partial charge in [-0.3, -0.25) is 9.67 Å². The van der Waals surface area contributed by atoms with Crippen molar-refractivity contribution in [1.29, 1.82) is 5.26 Å². The molecule has 0 atom stereocenters. The van der Waals surface area contributed by atoms with Crippen LogP contribution in [-0.4, -0.2) is 56.9 Å². The molecule has 1 saturated heterocycles. The van der Waals surface area contributed by atoms with E-state index < -0.39 is 0 Å². The van der Waals surface area contributed by atoms with Gasteiger partial charge in [-0.1, -0.05) is 6.08 Å². The maximum atomic E-state index is 12.4. The molecule has 1 aliphatic heterocycles. The molecule has 32 heavy (non-hydrogen) atoms. The molecule has 5 rings (SSSR count). The largest absolute Gasteiger partial charge is 0.415 e. The van der Waals surface area contributed by atoms with Gasteiger partial charge in [-0.2, -0.15) is 10.4 Å². The molecule has 3 heterocycles. The van der Waals surface area contributed by atoms with Crippen molar-refractivity contribution in [1.82, 2.24) is 30.0 Å². The van der Waals surface area contributed by atoms with Crippen LogP contribution in [0.1, 0.15) is 18.9 Å². The second-order valence-electron chi connectivity index (χ2n) is 8.09. The fourth-order valence-corrected chi connectivity index (χ4v) is 4.06. The second-order valence-corrected chi connectivity index (χ2v) is 8.09. The van der Waals surface area contributed by atoms with Crippen LogP contribution in [0.2, 0.25) is 0 Å². The zero-order valence-electron chi connectivity index (χ0n) is 17.5. The first-order valence-corrected chi connectivity index (χ1v) is 10.7. The Bertz CT molecular complexity index is 1200. The zero-order valence-corrected chi connectivity index (χ0v) is 17.5. The average Bonchev–Trinajstić information content (AvgIpc) is 3.28. The third kappa shape index (κ3) is 4.18. The minimum Gasteiger partial charge on any atom is -0.410 e. The van der Waals surface area contributed by atoms with Crippen molar-refractivity contribution >= 4 is 17.1 Å². The number of benzene rings is 1. The van der Waals surface area contributed by atoms with Gasteiger partial charge in [0.05, 0.1) is 41.2 Å². The lowest BCUT2D eigenvalue weighted by Crippen LogP contribution is -2.47. The van der Waals surface area contributed by atoms with Crippen LogP contribution in [0.15, 0.2) is 48.9 Å². The molecule has 1 aromatic carbocycles. The number of hydrogen-bond donors (Lipinski definition) is 1. The Morgan fingerprint density at radius 1 is 1.22 bits per heavy atom. The van der Waals surface area contributed by atoms with E-state index in [-0.39, 0.29) is 6.09 Å². The van der Waals surface area contributed by atoms with Gasteiger partial charge in [0.1, 0.15) is 5.75 Å². The van der Waals surface area contributed by atoms with Crippen molar-refractivity contribution in [3.8, 4) is 23.1 Å². The van der Waals surface area contributed by atoms with Crippen molar-refractivity contribution in [3.05, 3.63) is 48.9 Å². The standard InChI is InChI=1S/C23H23N7O2/c24-5-1-2-16-10-18(11-16)30-15-17(13-27-30)22-14-26-20-4-3-19(12-21(20)28-22)32-23(31)29-8-6-25-7-9-29/h1-4,12-16,18,25H,6-11H2/b2-1+. The highest BCUT2D eigenvalue weighted by Crippen LogP contribution is 2.38. The van der Waals surface area contributed by atoms with E-state index in [0.717, 1.165) is 42.7 Å². The number of amides is 1. The molecule has 2 aliphatic rings. The van der Waals surface area contributed by atoms with Crippen LogP contribution >= 0.6 is 0 Å². The van der Waals surface area contributed by atoms with E-state index in [1.54, 1.807) is 41.6 Å². The first kappa shape index (κ1) is 20.2. The maximum absolute atomic E-state index is 12.4. The first-order chi connectivity index (χ1) is 15.7. The Balaban J connectivity index is 1.30. The molecule has 1 amide bonds. The van der Waals surface area contributed by atoms with Gasteiger partial charge in [-0.05, 0) is 30.9 Å². The fourth-order valence-electron chi connectivity index (χ4n) is 4.06. The number of carbonyl (C=O) groups is 1. The van der Waals surface area contributed by atoms with Gasteiger partial charge in [0, 0.05) is 50.1 Å². The van der Waals surface area contributed by atoms with Crippen molar-refractivity contribution in [3.63, 3.8) is 0 Å². The minimum absolute atomic E-state index is 0.335. The normalized spacial score (nSPS) is 20.8. The highest BCUT2D eigenvalue weighted by molar-refractivity contribution is 5.80. The number of piperazine rings is 1. The van der Waals surface area contributed by atoms with E-state index in [0.29, 0.717) is 36.3 Å². The van der Waals surface area contributed by atoms with E-state index >= 15 is 0 Å². The van der Waals surface area contributed by atoms with E-state index in [1.165, 1.54) is 0 Å². The van der Waals surface area contributed by atoms with Gasteiger partial charge < -0.3 is 15.0 Å². The van der Waals surface area contributed by atoms with E-state index in [2.05, 4.69) is 15.4 Å². The van der Waals surface area contributed by atoms with Crippen LogP contribution in [0.3, 0.4) is 0 Å². The third-order valence-electron chi connectivity index (χ3n) is 5.96. The summed E-state index contributed by atoms with van der Waals surface area (Å²) in [6.45, 7) is 2.81. The van der Waals surface area contributed by atoms with Crippen molar-refractivity contribution in [2.24, 2.45) is 5.92 Å². The minimum atomic E-state index is -0.348. The molecule has 0 radical (unpaired) electrons. The van der Waals surface area contributed by atoms with Crippen LogP contribution in [0, 0.1) is 17.2 Å². The molecule has 1 saturated carbocycles. The second kappa shape index (κ2) is 8.77. The lowest BCUT2D eigenvalue weighted by atomic mass is 9.80. The maximum Gasteiger partial charge on any atom is 0.415 e. The average molecular weight is 429 g/mol. The summed E-state index contributed by atoms with van der Waals surface area (Å²) >= 11 is 0. The third-order valence-corrected chi connectivity index (χ3v) is 5.96. The number of nitrogens with one attached hydrogen (secondary N) is 1. The molecule has 3 aromatic rings. The number of carbonyl (C=O) groups excluding carboxylic acids is 1. The van der Waals surface area contributed by atoms with Crippen LogP contribution in [0.25, 0.3) is 22.3 Å². The van der Waals surface area contributed by atoms with Crippen LogP contribution in [-0.2, 0) is 0 Å². The summed E-state index contributed by atoms with van der Waals surface area (Å²) in [6, 6.07) is 7.66. The Kier molecular flexibility index (Phi) is 5.52. The number of rotatable bonds is 4. The van der Waals surface area contributed by atoms with Crippen LogP contribution in [0.5, 0.6) is 5.75 Å². The molecular weight excluding hydrogens is 406 g/mol. The van der Waals surface area contributed by atoms with E-state index in [4.69, 9.17) is 15.0 Å². The van der Waals surface area contributed by atoms with Gasteiger partial charge >= 0.3 is 6.09 Å². The first-order valence-electron chi connectivity index (χ1n) is 10.7. The summed E-state index contributed by atoms with van der Waals surface area (Å²) < 4.78 is 7.51. The monoisotopic (exact) mass is 429 g/mol. The summed E-state index contributed by atoms with van der Waals surface area (Å²) in [7, 11) is 0. The van der Waals surface area contributed by atoms with Crippen LogP contribution < -0.4 is 10.1 Å². The fraction of sp³-hybridized carbons (Fsp3) is 0.348. The Labute approximate surface area is 185 Å². The smallest absolute Gasteiger partial charge is 0.410 e. The number of ether oxygens (including phenoxy) is 1. The number of allylic oxidation sites excluding steroid dienone is 2. The number of aromatic nitrogens is 4. The number of hydrogen-bond acceptors (Lipinski definition) is 7.